The molecule has 0 bridgehead atoms. The number of rotatable bonds is 7. The second-order valence-corrected chi connectivity index (χ2v) is 11.7. The summed E-state index contributed by atoms with van der Waals surface area (Å²) in [4.78, 5) is 0. The SMILES string of the molecule is CC(CCCC(C)(C)O)C(C)C1(C)CCC/C(=C\C=C2\CCC(C)(O)C(O)C2)C1C. The summed E-state index contributed by atoms with van der Waals surface area (Å²) in [5, 5.41) is 30.4. The minimum Gasteiger partial charge on any atom is -0.390 e. The monoisotopic (exact) mass is 420 g/mol. The van der Waals surface area contributed by atoms with Gasteiger partial charge in [0, 0.05) is 0 Å². The quantitative estimate of drug-likeness (QED) is 0.461. The van der Waals surface area contributed by atoms with Crippen molar-refractivity contribution in [1.29, 1.82) is 0 Å². The van der Waals surface area contributed by atoms with E-state index in [1.807, 2.05) is 13.8 Å². The molecule has 0 radical (unpaired) electrons. The number of aliphatic hydroxyl groups is 3. The van der Waals surface area contributed by atoms with Crippen molar-refractivity contribution in [3.05, 3.63) is 23.3 Å². The van der Waals surface area contributed by atoms with Gasteiger partial charge >= 0.3 is 0 Å². The molecule has 6 atom stereocenters. The summed E-state index contributed by atoms with van der Waals surface area (Å²) in [6.45, 7) is 15.3. The molecule has 3 nitrogen and oxygen atoms in total. The summed E-state index contributed by atoms with van der Waals surface area (Å²) in [5.41, 5.74) is 1.59. The van der Waals surface area contributed by atoms with E-state index in [4.69, 9.17) is 0 Å². The summed E-state index contributed by atoms with van der Waals surface area (Å²) in [6, 6.07) is 0. The first kappa shape index (κ1) is 25.6. The Bertz CT molecular complexity index is 625. The van der Waals surface area contributed by atoms with E-state index >= 15 is 0 Å². The third kappa shape index (κ3) is 6.43. The Morgan fingerprint density at radius 1 is 1.13 bits per heavy atom. The largest absolute Gasteiger partial charge is 0.390 e. The van der Waals surface area contributed by atoms with Gasteiger partial charge in [-0.25, -0.2) is 0 Å². The average Bonchev–Trinajstić information content (AvgIpc) is 2.64. The third-order valence-corrected chi connectivity index (χ3v) is 8.73. The highest BCUT2D eigenvalue weighted by molar-refractivity contribution is 5.24. The van der Waals surface area contributed by atoms with E-state index in [0.717, 1.165) is 19.3 Å². The number of hydrogen-bond acceptors (Lipinski definition) is 3. The lowest BCUT2D eigenvalue weighted by Crippen LogP contribution is -2.42. The van der Waals surface area contributed by atoms with Gasteiger partial charge in [-0.2, -0.15) is 0 Å². The summed E-state index contributed by atoms with van der Waals surface area (Å²) >= 11 is 0. The topological polar surface area (TPSA) is 60.7 Å². The van der Waals surface area contributed by atoms with Crippen LogP contribution in [0, 0.1) is 23.2 Å². The first-order valence-corrected chi connectivity index (χ1v) is 12.3. The first-order valence-electron chi connectivity index (χ1n) is 12.3. The molecule has 30 heavy (non-hydrogen) atoms. The zero-order valence-electron chi connectivity index (χ0n) is 20.7. The lowest BCUT2D eigenvalue weighted by Gasteiger charge is -2.48. The van der Waals surface area contributed by atoms with Crippen LogP contribution < -0.4 is 0 Å². The molecule has 0 amide bonds. The molecule has 3 N–H and O–H groups in total. The van der Waals surface area contributed by atoms with E-state index in [2.05, 4.69) is 39.8 Å². The Labute approximate surface area is 185 Å². The molecule has 2 saturated carbocycles. The van der Waals surface area contributed by atoms with E-state index in [0.29, 0.717) is 36.0 Å². The van der Waals surface area contributed by atoms with Crippen molar-refractivity contribution in [2.24, 2.45) is 23.2 Å². The molecule has 0 saturated heterocycles. The highest BCUT2D eigenvalue weighted by atomic mass is 16.3. The lowest BCUT2D eigenvalue weighted by atomic mass is 9.57. The van der Waals surface area contributed by atoms with Gasteiger partial charge in [-0.3, -0.25) is 0 Å². The standard InChI is InChI=1S/C27H48O3/c1-19(10-8-15-25(4,5)29)20(2)26(6)16-9-11-23(21(26)3)13-12-22-14-17-27(7,30)24(28)18-22/h12-13,19-21,24,28-30H,8-11,14-18H2,1-7H3/b22-12-,23-13+. The lowest BCUT2D eigenvalue weighted by molar-refractivity contribution is -0.0759. The molecule has 0 aromatic rings. The van der Waals surface area contributed by atoms with Crippen molar-refractivity contribution in [3.8, 4) is 0 Å². The molecule has 174 valence electrons. The Hall–Kier alpha value is -0.640. The van der Waals surface area contributed by atoms with Crippen LogP contribution in [0.5, 0.6) is 0 Å². The van der Waals surface area contributed by atoms with Crippen LogP contribution >= 0.6 is 0 Å². The molecule has 2 fully saturated rings. The molecule has 0 aliphatic heterocycles. The van der Waals surface area contributed by atoms with Crippen molar-refractivity contribution < 1.29 is 15.3 Å². The fraction of sp³-hybridized carbons (Fsp3) is 0.852. The number of hydrogen-bond donors (Lipinski definition) is 3. The molecule has 0 aromatic carbocycles. The molecule has 0 heterocycles. The van der Waals surface area contributed by atoms with Gasteiger partial charge in [-0.15, -0.1) is 0 Å². The Morgan fingerprint density at radius 2 is 1.80 bits per heavy atom. The van der Waals surface area contributed by atoms with Crippen molar-refractivity contribution in [2.45, 2.75) is 124 Å². The third-order valence-electron chi connectivity index (χ3n) is 8.73. The highest BCUT2D eigenvalue weighted by Gasteiger charge is 2.42. The zero-order chi connectivity index (χ0) is 22.7. The van der Waals surface area contributed by atoms with Crippen LogP contribution in [0.4, 0.5) is 0 Å². The summed E-state index contributed by atoms with van der Waals surface area (Å²) < 4.78 is 0. The molecule has 2 aliphatic carbocycles. The fourth-order valence-corrected chi connectivity index (χ4v) is 5.66. The molecular formula is C27H48O3. The van der Waals surface area contributed by atoms with Crippen LogP contribution in [0.15, 0.2) is 23.3 Å². The van der Waals surface area contributed by atoms with Crippen LogP contribution in [0.3, 0.4) is 0 Å². The van der Waals surface area contributed by atoms with E-state index < -0.39 is 17.3 Å². The van der Waals surface area contributed by atoms with E-state index in [1.165, 1.54) is 31.3 Å². The van der Waals surface area contributed by atoms with E-state index in [1.54, 1.807) is 12.5 Å². The summed E-state index contributed by atoms with van der Waals surface area (Å²) in [6.07, 6.45) is 12.8. The van der Waals surface area contributed by atoms with Gasteiger partial charge in [0.25, 0.3) is 0 Å². The van der Waals surface area contributed by atoms with E-state index in [-0.39, 0.29) is 0 Å². The summed E-state index contributed by atoms with van der Waals surface area (Å²) in [7, 11) is 0. The van der Waals surface area contributed by atoms with Gasteiger partial charge in [0.2, 0.25) is 0 Å². The van der Waals surface area contributed by atoms with Gasteiger partial charge in [-0.05, 0) is 88.9 Å². The maximum absolute atomic E-state index is 10.2. The van der Waals surface area contributed by atoms with E-state index in [9.17, 15) is 15.3 Å². The van der Waals surface area contributed by atoms with Crippen molar-refractivity contribution in [3.63, 3.8) is 0 Å². The Kier molecular flexibility index (Phi) is 8.44. The smallest absolute Gasteiger partial charge is 0.0883 e. The number of allylic oxidation sites excluding steroid dienone is 3. The molecular weight excluding hydrogens is 372 g/mol. The molecule has 2 aliphatic rings. The minimum atomic E-state index is -0.946. The number of aliphatic hydroxyl groups excluding tert-OH is 1. The van der Waals surface area contributed by atoms with Crippen LogP contribution in [-0.2, 0) is 0 Å². The molecule has 2 rings (SSSR count). The maximum atomic E-state index is 10.2. The van der Waals surface area contributed by atoms with Gasteiger partial charge < -0.3 is 15.3 Å². The van der Waals surface area contributed by atoms with Crippen LogP contribution in [0.25, 0.3) is 0 Å². The van der Waals surface area contributed by atoms with Crippen LogP contribution in [0.1, 0.15) is 106 Å². The molecule has 0 aromatic heterocycles. The van der Waals surface area contributed by atoms with Crippen molar-refractivity contribution in [2.75, 3.05) is 0 Å². The molecule has 6 unspecified atom stereocenters. The first-order chi connectivity index (χ1) is 13.8. The van der Waals surface area contributed by atoms with Gasteiger partial charge in [0.15, 0.2) is 0 Å². The second kappa shape index (κ2) is 9.88. The van der Waals surface area contributed by atoms with Crippen molar-refractivity contribution >= 4 is 0 Å². The van der Waals surface area contributed by atoms with Crippen LogP contribution in [-0.4, -0.2) is 32.6 Å². The fourth-order valence-electron chi connectivity index (χ4n) is 5.66. The Balaban J connectivity index is 2.04. The zero-order valence-corrected chi connectivity index (χ0v) is 20.7. The van der Waals surface area contributed by atoms with Gasteiger partial charge in [0.1, 0.15) is 0 Å². The Morgan fingerprint density at radius 3 is 2.40 bits per heavy atom. The predicted molar refractivity (Wildman–Crippen MR) is 126 cm³/mol. The maximum Gasteiger partial charge on any atom is 0.0883 e. The second-order valence-electron chi connectivity index (χ2n) is 11.7. The van der Waals surface area contributed by atoms with Crippen molar-refractivity contribution in [1.82, 2.24) is 0 Å². The van der Waals surface area contributed by atoms with Gasteiger partial charge in [0.05, 0.1) is 17.3 Å². The summed E-state index contributed by atoms with van der Waals surface area (Å²) in [5.74, 6) is 1.83. The van der Waals surface area contributed by atoms with Gasteiger partial charge in [-0.1, -0.05) is 63.8 Å². The average molecular weight is 421 g/mol. The normalized spacial score (nSPS) is 38.1. The minimum absolute atomic E-state index is 0.298. The highest BCUT2D eigenvalue weighted by Crippen LogP contribution is 2.51. The molecule has 3 heteroatoms. The molecule has 0 spiro atoms. The predicted octanol–water partition coefficient (Wildman–Crippen LogP) is 6.17. The van der Waals surface area contributed by atoms with Crippen LogP contribution in [0.2, 0.25) is 0 Å².